The predicted molar refractivity (Wildman–Crippen MR) is 74.6 cm³/mol. The molecule has 7 nitrogen and oxygen atoms in total. The van der Waals surface area contributed by atoms with E-state index in [0.717, 1.165) is 5.75 Å². The van der Waals surface area contributed by atoms with Crippen LogP contribution in [0, 0.1) is 0 Å². The number of likely N-dealkylation sites (N-methyl/N-ethyl adjacent to an activating group) is 1. The van der Waals surface area contributed by atoms with Crippen molar-refractivity contribution in [3.8, 4) is 0 Å². The van der Waals surface area contributed by atoms with Gasteiger partial charge in [0.05, 0.1) is 12.5 Å². The number of rotatable bonds is 3. The number of nitrogens with one attached hydrogen (secondary N) is 1. The fourth-order valence-corrected chi connectivity index (χ4v) is 3.54. The van der Waals surface area contributed by atoms with Crippen LogP contribution in [0.15, 0.2) is 0 Å². The van der Waals surface area contributed by atoms with Crippen molar-refractivity contribution in [1.29, 1.82) is 0 Å². The van der Waals surface area contributed by atoms with Crippen molar-refractivity contribution in [1.82, 2.24) is 15.1 Å². The summed E-state index contributed by atoms with van der Waals surface area (Å²) in [4.78, 5) is 38.0. The molecular formula is C12H19N3O4S. The number of nitrogens with zero attached hydrogens (tertiary/aromatic N) is 2. The van der Waals surface area contributed by atoms with Crippen LogP contribution in [-0.2, 0) is 9.59 Å². The molecule has 2 fully saturated rings. The number of hydrogen-bond donors (Lipinski definition) is 2. The molecule has 0 spiro atoms. The summed E-state index contributed by atoms with van der Waals surface area (Å²) in [5.41, 5.74) is 0. The van der Waals surface area contributed by atoms with Gasteiger partial charge in [0, 0.05) is 31.6 Å². The van der Waals surface area contributed by atoms with Crippen LogP contribution < -0.4 is 5.32 Å². The number of amides is 3. The fraction of sp³-hybridized carbons (Fsp3) is 0.750. The number of thioether (sulfide) groups is 1. The Morgan fingerprint density at radius 1 is 1.45 bits per heavy atom. The topological polar surface area (TPSA) is 90.0 Å². The van der Waals surface area contributed by atoms with E-state index in [9.17, 15) is 14.4 Å². The number of hydrogen-bond acceptors (Lipinski definition) is 4. The maximum atomic E-state index is 12.2. The van der Waals surface area contributed by atoms with Crippen LogP contribution in [0.5, 0.6) is 0 Å². The first-order valence-electron chi connectivity index (χ1n) is 6.60. The molecule has 2 unspecified atom stereocenters. The summed E-state index contributed by atoms with van der Waals surface area (Å²) in [6.07, 6.45) is 0.548. The molecule has 8 heteroatoms. The van der Waals surface area contributed by atoms with Crippen molar-refractivity contribution < 1.29 is 19.5 Å². The Morgan fingerprint density at radius 3 is 2.80 bits per heavy atom. The highest BCUT2D eigenvalue weighted by molar-refractivity contribution is 7.99. The molecule has 0 saturated carbocycles. The molecule has 3 amide bonds. The highest BCUT2D eigenvalue weighted by atomic mass is 32.2. The van der Waals surface area contributed by atoms with Crippen LogP contribution >= 0.6 is 11.8 Å². The molecule has 2 rings (SSSR count). The quantitative estimate of drug-likeness (QED) is 0.754. The molecule has 0 aliphatic carbocycles. The number of aliphatic carboxylic acids is 1. The third-order valence-electron chi connectivity index (χ3n) is 3.62. The summed E-state index contributed by atoms with van der Waals surface area (Å²) in [5.74, 6) is 0.423. The fourth-order valence-electron chi connectivity index (χ4n) is 2.48. The molecule has 2 saturated heterocycles. The minimum Gasteiger partial charge on any atom is -0.481 e. The molecule has 2 N–H and O–H groups in total. The lowest BCUT2D eigenvalue weighted by Crippen LogP contribution is -2.54. The second kappa shape index (κ2) is 6.34. The van der Waals surface area contributed by atoms with Gasteiger partial charge in [-0.2, -0.15) is 11.8 Å². The lowest BCUT2D eigenvalue weighted by Gasteiger charge is -2.35. The normalized spacial score (nSPS) is 26.8. The average Bonchev–Trinajstić information content (AvgIpc) is 2.70. The number of carboxylic acid groups (broad SMARTS) is 1. The Kier molecular flexibility index (Phi) is 4.74. The predicted octanol–water partition coefficient (Wildman–Crippen LogP) is -0.181. The molecule has 0 aromatic heterocycles. The van der Waals surface area contributed by atoms with E-state index in [1.807, 2.05) is 0 Å². The van der Waals surface area contributed by atoms with E-state index < -0.39 is 12.0 Å². The van der Waals surface area contributed by atoms with Gasteiger partial charge in [-0.3, -0.25) is 9.59 Å². The molecule has 0 aromatic rings. The van der Waals surface area contributed by atoms with Crippen LogP contribution in [0.1, 0.15) is 12.8 Å². The Hall–Kier alpha value is -1.44. The maximum Gasteiger partial charge on any atom is 0.318 e. The standard InChI is InChI=1S/C12H19N3O4S/c1-14-3-2-9(11(14)18)13-12(19)15-4-5-20-7-8(15)6-10(16)17/h8-9H,2-7H2,1H3,(H,13,19)(H,16,17). The minimum absolute atomic E-state index is 0.0566. The van der Waals surface area contributed by atoms with Gasteiger partial charge in [0.15, 0.2) is 0 Å². The number of carbonyl (C=O) groups excluding carboxylic acids is 2. The largest absolute Gasteiger partial charge is 0.481 e. The van der Waals surface area contributed by atoms with Gasteiger partial charge in [0.2, 0.25) is 5.91 Å². The second-order valence-corrected chi connectivity index (χ2v) is 6.22. The summed E-state index contributed by atoms with van der Waals surface area (Å²) < 4.78 is 0. The second-order valence-electron chi connectivity index (χ2n) is 5.07. The number of carboxylic acids is 1. The van der Waals surface area contributed by atoms with Gasteiger partial charge >= 0.3 is 12.0 Å². The third kappa shape index (κ3) is 3.36. The van der Waals surface area contributed by atoms with Gasteiger partial charge in [-0.25, -0.2) is 4.79 Å². The first-order chi connectivity index (χ1) is 9.49. The van der Waals surface area contributed by atoms with Crippen molar-refractivity contribution in [2.24, 2.45) is 0 Å². The molecule has 112 valence electrons. The average molecular weight is 301 g/mol. The van der Waals surface area contributed by atoms with Crippen molar-refractivity contribution in [3.63, 3.8) is 0 Å². The van der Waals surface area contributed by atoms with E-state index in [1.165, 1.54) is 0 Å². The van der Waals surface area contributed by atoms with Crippen molar-refractivity contribution in [3.05, 3.63) is 0 Å². The molecular weight excluding hydrogens is 282 g/mol. The summed E-state index contributed by atoms with van der Waals surface area (Å²) >= 11 is 1.65. The van der Waals surface area contributed by atoms with E-state index in [-0.39, 0.29) is 24.4 Å². The molecule has 2 atom stereocenters. The van der Waals surface area contributed by atoms with Crippen LogP contribution in [0.3, 0.4) is 0 Å². The number of carbonyl (C=O) groups is 3. The lowest BCUT2D eigenvalue weighted by molar-refractivity contribution is -0.138. The van der Waals surface area contributed by atoms with Crippen LogP contribution in [0.25, 0.3) is 0 Å². The maximum absolute atomic E-state index is 12.2. The van der Waals surface area contributed by atoms with E-state index >= 15 is 0 Å². The monoisotopic (exact) mass is 301 g/mol. The Labute approximate surface area is 121 Å². The van der Waals surface area contributed by atoms with E-state index in [2.05, 4.69) is 5.32 Å². The highest BCUT2D eigenvalue weighted by Crippen LogP contribution is 2.19. The van der Waals surface area contributed by atoms with E-state index in [1.54, 1.807) is 28.6 Å². The first-order valence-corrected chi connectivity index (χ1v) is 7.76. The van der Waals surface area contributed by atoms with Gasteiger partial charge in [-0.05, 0) is 6.42 Å². The zero-order valence-electron chi connectivity index (χ0n) is 11.4. The lowest BCUT2D eigenvalue weighted by atomic mass is 10.2. The Balaban J connectivity index is 1.95. The third-order valence-corrected chi connectivity index (χ3v) is 4.72. The zero-order chi connectivity index (χ0) is 14.7. The molecule has 0 radical (unpaired) electrons. The number of likely N-dealkylation sites (tertiary alicyclic amines) is 1. The summed E-state index contributed by atoms with van der Waals surface area (Å²) in [5, 5.41) is 11.6. The summed E-state index contributed by atoms with van der Waals surface area (Å²) in [6.45, 7) is 1.16. The molecule has 2 aliphatic rings. The van der Waals surface area contributed by atoms with E-state index in [0.29, 0.717) is 25.3 Å². The van der Waals surface area contributed by atoms with Gasteiger partial charge in [-0.15, -0.1) is 0 Å². The number of urea groups is 1. The SMILES string of the molecule is CN1CCC(NC(=O)N2CCSCC2CC(=O)O)C1=O. The van der Waals surface area contributed by atoms with Crippen LogP contribution in [0.2, 0.25) is 0 Å². The Bertz CT molecular complexity index is 418. The highest BCUT2D eigenvalue weighted by Gasteiger charge is 2.34. The Morgan fingerprint density at radius 2 is 2.20 bits per heavy atom. The van der Waals surface area contributed by atoms with Gasteiger partial charge < -0.3 is 20.2 Å². The molecule has 0 aromatic carbocycles. The van der Waals surface area contributed by atoms with Gasteiger partial charge in [-0.1, -0.05) is 0 Å². The van der Waals surface area contributed by atoms with Gasteiger partial charge in [0.25, 0.3) is 0 Å². The smallest absolute Gasteiger partial charge is 0.318 e. The van der Waals surface area contributed by atoms with E-state index in [4.69, 9.17) is 5.11 Å². The molecule has 0 bridgehead atoms. The summed E-state index contributed by atoms with van der Waals surface area (Å²) in [6, 6.07) is -1.11. The first kappa shape index (κ1) is 15.0. The molecule has 2 aliphatic heterocycles. The van der Waals surface area contributed by atoms with Crippen molar-refractivity contribution in [2.45, 2.75) is 24.9 Å². The molecule has 2 heterocycles. The minimum atomic E-state index is -0.910. The van der Waals surface area contributed by atoms with Crippen molar-refractivity contribution >= 4 is 29.7 Å². The summed E-state index contributed by atoms with van der Waals surface area (Å²) in [7, 11) is 1.71. The molecule has 20 heavy (non-hydrogen) atoms. The van der Waals surface area contributed by atoms with Gasteiger partial charge in [0.1, 0.15) is 6.04 Å². The van der Waals surface area contributed by atoms with Crippen LogP contribution in [-0.4, -0.2) is 76.5 Å². The van der Waals surface area contributed by atoms with Crippen LogP contribution in [0.4, 0.5) is 4.79 Å². The zero-order valence-corrected chi connectivity index (χ0v) is 12.2. The van der Waals surface area contributed by atoms with Crippen molar-refractivity contribution in [2.75, 3.05) is 31.6 Å².